The van der Waals surface area contributed by atoms with Gasteiger partial charge in [0.05, 0.1) is 12.1 Å². The lowest BCUT2D eigenvalue weighted by molar-refractivity contribution is 0.122. The van der Waals surface area contributed by atoms with E-state index in [0.29, 0.717) is 6.61 Å². The number of hydrogen-bond acceptors (Lipinski definition) is 3. The molecule has 1 rings (SSSR count). The van der Waals surface area contributed by atoms with Crippen molar-refractivity contribution in [2.45, 2.75) is 26.3 Å². The summed E-state index contributed by atoms with van der Waals surface area (Å²) in [5.41, 5.74) is 1.96. The third-order valence-electron chi connectivity index (χ3n) is 2.83. The van der Waals surface area contributed by atoms with Gasteiger partial charge in [-0.1, -0.05) is 17.7 Å². The van der Waals surface area contributed by atoms with Crippen molar-refractivity contribution in [3.05, 3.63) is 29.3 Å². The Kier molecular flexibility index (Phi) is 4.33. The highest BCUT2D eigenvalue weighted by Gasteiger charge is 2.21. The number of aliphatic hydroxyl groups excluding tert-OH is 1. The summed E-state index contributed by atoms with van der Waals surface area (Å²) in [5.74, 6) is 0.875. The molecule has 0 amide bonds. The van der Waals surface area contributed by atoms with Gasteiger partial charge in [0.25, 0.3) is 0 Å². The van der Waals surface area contributed by atoms with Crippen molar-refractivity contribution in [2.75, 3.05) is 20.3 Å². The van der Waals surface area contributed by atoms with E-state index in [1.54, 1.807) is 0 Å². The molecule has 1 aromatic rings. The molecule has 0 aromatic heterocycles. The van der Waals surface area contributed by atoms with Crippen molar-refractivity contribution in [3.63, 3.8) is 0 Å². The standard InChI is InChI=1S/C13H21NO2/c1-10-5-6-12(11(2)7-10)16-9-13(3,8-15)14-4/h5-7,14-15H,8-9H2,1-4H3. The minimum Gasteiger partial charge on any atom is -0.491 e. The second-order valence-corrected chi connectivity index (χ2v) is 4.53. The zero-order valence-corrected chi connectivity index (χ0v) is 10.5. The van der Waals surface area contributed by atoms with Crippen molar-refractivity contribution in [1.82, 2.24) is 5.32 Å². The number of aryl methyl sites for hydroxylation is 2. The Bertz CT molecular complexity index is 346. The number of likely N-dealkylation sites (N-methyl/N-ethyl adjacent to an activating group) is 1. The first kappa shape index (κ1) is 13.0. The van der Waals surface area contributed by atoms with Gasteiger partial charge in [0.1, 0.15) is 12.4 Å². The largest absolute Gasteiger partial charge is 0.491 e. The third kappa shape index (κ3) is 3.22. The van der Waals surface area contributed by atoms with E-state index < -0.39 is 5.54 Å². The van der Waals surface area contributed by atoms with E-state index in [1.165, 1.54) is 5.56 Å². The minimum atomic E-state index is -0.392. The Labute approximate surface area is 97.4 Å². The van der Waals surface area contributed by atoms with Crippen molar-refractivity contribution in [1.29, 1.82) is 0 Å². The number of rotatable bonds is 5. The Morgan fingerprint density at radius 1 is 1.38 bits per heavy atom. The molecule has 1 unspecified atom stereocenters. The molecule has 3 nitrogen and oxygen atoms in total. The van der Waals surface area contributed by atoms with Crippen LogP contribution in [0.4, 0.5) is 0 Å². The first-order valence-corrected chi connectivity index (χ1v) is 5.50. The molecular formula is C13H21NO2. The molecule has 0 radical (unpaired) electrons. The lowest BCUT2D eigenvalue weighted by atomic mass is 10.1. The predicted octanol–water partition coefficient (Wildman–Crippen LogP) is 1.65. The fourth-order valence-corrected chi connectivity index (χ4v) is 1.40. The van der Waals surface area contributed by atoms with Crippen molar-refractivity contribution >= 4 is 0 Å². The van der Waals surface area contributed by atoms with Crippen LogP contribution in [0.25, 0.3) is 0 Å². The lowest BCUT2D eigenvalue weighted by Gasteiger charge is -2.27. The molecule has 90 valence electrons. The molecule has 2 N–H and O–H groups in total. The quantitative estimate of drug-likeness (QED) is 0.797. The molecule has 0 spiro atoms. The van der Waals surface area contributed by atoms with Gasteiger partial charge in [-0.25, -0.2) is 0 Å². The first-order chi connectivity index (χ1) is 7.50. The van der Waals surface area contributed by atoms with Crippen LogP contribution < -0.4 is 10.1 Å². The van der Waals surface area contributed by atoms with Crippen LogP contribution in [0.3, 0.4) is 0 Å². The van der Waals surface area contributed by atoms with E-state index in [9.17, 15) is 5.11 Å². The summed E-state index contributed by atoms with van der Waals surface area (Å²) in [6.45, 7) is 6.51. The second kappa shape index (κ2) is 5.32. The molecule has 0 saturated heterocycles. The summed E-state index contributed by atoms with van der Waals surface area (Å²) in [6.07, 6.45) is 0. The van der Waals surface area contributed by atoms with Gasteiger partial charge in [-0.15, -0.1) is 0 Å². The van der Waals surface area contributed by atoms with Crippen LogP contribution in [-0.4, -0.2) is 30.9 Å². The SMILES string of the molecule is CNC(C)(CO)COc1ccc(C)cc1C. The van der Waals surface area contributed by atoms with Crippen molar-refractivity contribution < 1.29 is 9.84 Å². The van der Waals surface area contributed by atoms with E-state index in [2.05, 4.69) is 18.3 Å². The van der Waals surface area contributed by atoms with Gasteiger partial charge in [0, 0.05) is 0 Å². The summed E-state index contributed by atoms with van der Waals surface area (Å²) >= 11 is 0. The maximum Gasteiger partial charge on any atom is 0.122 e. The highest BCUT2D eigenvalue weighted by molar-refractivity contribution is 5.35. The first-order valence-electron chi connectivity index (χ1n) is 5.50. The molecule has 0 bridgehead atoms. The predicted molar refractivity (Wildman–Crippen MR) is 66.0 cm³/mol. The Morgan fingerprint density at radius 3 is 2.56 bits per heavy atom. The average Bonchev–Trinajstić information content (AvgIpc) is 2.27. The molecule has 0 saturated carbocycles. The van der Waals surface area contributed by atoms with E-state index in [4.69, 9.17) is 4.74 Å². The maximum absolute atomic E-state index is 9.23. The average molecular weight is 223 g/mol. The van der Waals surface area contributed by atoms with Crippen LogP contribution in [0.1, 0.15) is 18.1 Å². The van der Waals surface area contributed by atoms with E-state index in [-0.39, 0.29) is 6.61 Å². The Balaban J connectivity index is 2.67. The highest BCUT2D eigenvalue weighted by Crippen LogP contribution is 2.19. The number of aliphatic hydroxyl groups is 1. The van der Waals surface area contributed by atoms with Gasteiger partial charge < -0.3 is 15.2 Å². The summed E-state index contributed by atoms with van der Waals surface area (Å²) in [4.78, 5) is 0. The van der Waals surface area contributed by atoms with Gasteiger partial charge in [0.15, 0.2) is 0 Å². The number of nitrogens with one attached hydrogen (secondary N) is 1. The smallest absolute Gasteiger partial charge is 0.122 e. The monoisotopic (exact) mass is 223 g/mol. The summed E-state index contributed by atoms with van der Waals surface area (Å²) < 4.78 is 5.72. The summed E-state index contributed by atoms with van der Waals surface area (Å²) in [7, 11) is 1.82. The van der Waals surface area contributed by atoms with Crippen LogP contribution in [0.5, 0.6) is 5.75 Å². The molecule has 3 heteroatoms. The summed E-state index contributed by atoms with van der Waals surface area (Å²) in [6, 6.07) is 6.08. The molecule has 0 fully saturated rings. The fraction of sp³-hybridized carbons (Fsp3) is 0.538. The molecule has 0 heterocycles. The number of hydrogen-bond donors (Lipinski definition) is 2. The molecule has 1 atom stereocenters. The van der Waals surface area contributed by atoms with Crippen LogP contribution >= 0.6 is 0 Å². The van der Waals surface area contributed by atoms with Crippen molar-refractivity contribution in [3.8, 4) is 5.75 Å². The van der Waals surface area contributed by atoms with Crippen LogP contribution in [0, 0.1) is 13.8 Å². The molecule has 16 heavy (non-hydrogen) atoms. The third-order valence-corrected chi connectivity index (χ3v) is 2.83. The highest BCUT2D eigenvalue weighted by atomic mass is 16.5. The molecule has 1 aromatic carbocycles. The van der Waals surface area contributed by atoms with Crippen molar-refractivity contribution in [2.24, 2.45) is 0 Å². The van der Waals surface area contributed by atoms with Gasteiger partial charge in [-0.3, -0.25) is 0 Å². The van der Waals surface area contributed by atoms with E-state index in [0.717, 1.165) is 11.3 Å². The lowest BCUT2D eigenvalue weighted by Crippen LogP contribution is -2.48. The van der Waals surface area contributed by atoms with Gasteiger partial charge in [-0.2, -0.15) is 0 Å². The molecular weight excluding hydrogens is 202 g/mol. The van der Waals surface area contributed by atoms with Gasteiger partial charge in [-0.05, 0) is 39.4 Å². The molecule has 0 aliphatic rings. The molecule has 0 aliphatic carbocycles. The van der Waals surface area contributed by atoms with Crippen LogP contribution in [0.2, 0.25) is 0 Å². The van der Waals surface area contributed by atoms with Crippen LogP contribution in [-0.2, 0) is 0 Å². The Morgan fingerprint density at radius 2 is 2.06 bits per heavy atom. The van der Waals surface area contributed by atoms with Gasteiger partial charge in [0.2, 0.25) is 0 Å². The van der Waals surface area contributed by atoms with Crippen LogP contribution in [0.15, 0.2) is 18.2 Å². The topological polar surface area (TPSA) is 41.5 Å². The Hall–Kier alpha value is -1.06. The normalized spacial score (nSPS) is 14.6. The molecule has 0 aliphatic heterocycles. The number of ether oxygens (including phenoxy) is 1. The number of benzene rings is 1. The zero-order valence-electron chi connectivity index (χ0n) is 10.5. The zero-order chi connectivity index (χ0) is 12.2. The minimum absolute atomic E-state index is 0.0500. The van der Waals surface area contributed by atoms with E-state index >= 15 is 0 Å². The summed E-state index contributed by atoms with van der Waals surface area (Å²) in [5, 5.41) is 12.3. The maximum atomic E-state index is 9.23. The fourth-order valence-electron chi connectivity index (χ4n) is 1.40. The second-order valence-electron chi connectivity index (χ2n) is 4.53. The van der Waals surface area contributed by atoms with Gasteiger partial charge >= 0.3 is 0 Å². The van der Waals surface area contributed by atoms with E-state index in [1.807, 2.05) is 33.0 Å².